The number of hydrogen-bond donors (Lipinski definition) is 1. The molecule has 1 N–H and O–H groups in total. The lowest BCUT2D eigenvalue weighted by Gasteiger charge is -2.11. The Hall–Kier alpha value is -3.69. The molecule has 1 aromatic heterocycles. The number of carbonyl (C=O) groups excluding carboxylic acids is 1. The molecule has 0 bridgehead atoms. The van der Waals surface area contributed by atoms with Crippen LogP contribution in [0.4, 0.5) is 5.69 Å². The van der Waals surface area contributed by atoms with Crippen LogP contribution in [0.3, 0.4) is 0 Å². The summed E-state index contributed by atoms with van der Waals surface area (Å²) in [6.45, 7) is 0.112. The molecule has 4 aromatic rings. The topological polar surface area (TPSA) is 103 Å². The normalized spacial score (nSPS) is 10.7. The highest BCUT2D eigenvalue weighted by atomic mass is 35.5. The van der Waals surface area contributed by atoms with Gasteiger partial charge in [0.05, 0.1) is 11.5 Å². The number of thioether (sulfide) groups is 1. The number of nitrogens with zero attached hydrogens (tertiary/aromatic N) is 4. The Morgan fingerprint density at radius 2 is 1.79 bits per heavy atom. The van der Waals surface area contributed by atoms with E-state index >= 15 is 0 Å². The number of hydrogen-bond acceptors (Lipinski definition) is 6. The van der Waals surface area contributed by atoms with Gasteiger partial charge < -0.3 is 5.32 Å². The van der Waals surface area contributed by atoms with Crippen molar-refractivity contribution in [3.8, 4) is 5.69 Å². The quantitative estimate of drug-likeness (QED) is 0.215. The number of aromatic nitrogens is 3. The van der Waals surface area contributed by atoms with Crippen molar-refractivity contribution in [2.45, 2.75) is 17.5 Å². The van der Waals surface area contributed by atoms with Crippen molar-refractivity contribution >= 4 is 35.0 Å². The van der Waals surface area contributed by atoms with Crippen molar-refractivity contribution in [1.82, 2.24) is 20.1 Å². The molecule has 1 amide bonds. The molecule has 0 aliphatic rings. The van der Waals surface area contributed by atoms with Crippen molar-refractivity contribution in [2.75, 3.05) is 0 Å². The molecule has 3 aromatic carbocycles. The van der Waals surface area contributed by atoms with Gasteiger partial charge in [-0.15, -0.1) is 10.2 Å². The van der Waals surface area contributed by atoms with Crippen LogP contribution in [0.15, 0.2) is 84.0 Å². The van der Waals surface area contributed by atoms with Crippen LogP contribution in [0, 0.1) is 10.1 Å². The molecule has 0 saturated carbocycles. The van der Waals surface area contributed by atoms with Gasteiger partial charge in [0, 0.05) is 34.2 Å². The molecule has 0 fully saturated rings. The number of rotatable bonds is 8. The van der Waals surface area contributed by atoms with Gasteiger partial charge in [-0.25, -0.2) is 0 Å². The monoisotopic (exact) mass is 479 g/mol. The van der Waals surface area contributed by atoms with Crippen molar-refractivity contribution in [3.63, 3.8) is 0 Å². The second-order valence-electron chi connectivity index (χ2n) is 6.98. The minimum atomic E-state index is -0.451. The summed E-state index contributed by atoms with van der Waals surface area (Å²) < 4.78 is 1.79. The first-order valence-corrected chi connectivity index (χ1v) is 11.3. The summed E-state index contributed by atoms with van der Waals surface area (Å²) in [5, 5.41) is 23.5. The smallest absolute Gasteiger partial charge is 0.269 e. The Kier molecular flexibility index (Phi) is 7.01. The van der Waals surface area contributed by atoms with Gasteiger partial charge in [-0.1, -0.05) is 59.8 Å². The van der Waals surface area contributed by atoms with Gasteiger partial charge in [0.15, 0.2) is 11.0 Å². The zero-order valence-corrected chi connectivity index (χ0v) is 18.8. The molecule has 0 saturated heterocycles. The predicted molar refractivity (Wildman–Crippen MR) is 127 cm³/mol. The van der Waals surface area contributed by atoms with Crippen molar-refractivity contribution in [1.29, 1.82) is 0 Å². The molecular weight excluding hydrogens is 462 g/mol. The maximum atomic E-state index is 12.5. The Morgan fingerprint density at radius 1 is 1.03 bits per heavy atom. The third-order valence-corrected chi connectivity index (χ3v) is 5.96. The zero-order chi connectivity index (χ0) is 23.2. The molecule has 0 radical (unpaired) electrons. The van der Waals surface area contributed by atoms with E-state index < -0.39 is 4.92 Å². The zero-order valence-electron chi connectivity index (χ0n) is 17.2. The fraction of sp³-hybridized carbons (Fsp3) is 0.0870. The summed E-state index contributed by atoms with van der Waals surface area (Å²) in [7, 11) is 0. The first kappa shape index (κ1) is 22.5. The molecule has 0 spiro atoms. The average molecular weight is 480 g/mol. The van der Waals surface area contributed by atoms with Crippen LogP contribution in [0.5, 0.6) is 0 Å². The van der Waals surface area contributed by atoms with E-state index in [0.29, 0.717) is 33.0 Å². The highest BCUT2D eigenvalue weighted by Gasteiger charge is 2.17. The number of amides is 1. The van der Waals surface area contributed by atoms with Crippen molar-refractivity contribution in [2.24, 2.45) is 0 Å². The molecule has 1 heterocycles. The van der Waals surface area contributed by atoms with Crippen molar-refractivity contribution < 1.29 is 9.72 Å². The van der Waals surface area contributed by atoms with Gasteiger partial charge >= 0.3 is 0 Å². The van der Waals surface area contributed by atoms with E-state index in [2.05, 4.69) is 15.5 Å². The molecule has 33 heavy (non-hydrogen) atoms. The van der Waals surface area contributed by atoms with Crippen LogP contribution >= 0.6 is 23.4 Å². The first-order valence-electron chi connectivity index (χ1n) is 9.91. The lowest BCUT2D eigenvalue weighted by molar-refractivity contribution is -0.384. The highest BCUT2D eigenvalue weighted by molar-refractivity contribution is 7.98. The lowest BCUT2D eigenvalue weighted by Crippen LogP contribution is -2.24. The third kappa shape index (κ3) is 5.57. The number of carbonyl (C=O) groups is 1. The van der Waals surface area contributed by atoms with Gasteiger partial charge in [0.1, 0.15) is 0 Å². The van der Waals surface area contributed by atoms with Crippen LogP contribution in [0.2, 0.25) is 5.02 Å². The Balaban J connectivity index is 1.59. The Labute approximate surface area is 198 Å². The largest absolute Gasteiger partial charge is 0.345 e. The van der Waals surface area contributed by atoms with Gasteiger partial charge in [-0.2, -0.15) is 0 Å². The number of nitrogens with one attached hydrogen (secondary N) is 1. The van der Waals surface area contributed by atoms with E-state index in [1.54, 1.807) is 41.0 Å². The number of benzene rings is 3. The van der Waals surface area contributed by atoms with Gasteiger partial charge in [-0.3, -0.25) is 19.5 Å². The first-order chi connectivity index (χ1) is 16.0. The van der Waals surface area contributed by atoms with E-state index in [-0.39, 0.29) is 18.1 Å². The second-order valence-corrected chi connectivity index (χ2v) is 8.35. The van der Waals surface area contributed by atoms with Crippen LogP contribution in [-0.2, 0) is 12.3 Å². The molecule has 0 aliphatic heterocycles. The second kappa shape index (κ2) is 10.3. The summed E-state index contributed by atoms with van der Waals surface area (Å²) >= 11 is 7.46. The van der Waals surface area contributed by atoms with Crippen LogP contribution in [0.25, 0.3) is 5.69 Å². The average Bonchev–Trinajstić information content (AvgIpc) is 3.24. The fourth-order valence-corrected chi connectivity index (χ4v) is 4.22. The van der Waals surface area contributed by atoms with Crippen LogP contribution < -0.4 is 5.32 Å². The lowest BCUT2D eigenvalue weighted by atomic mass is 10.2. The SMILES string of the molecule is O=C(NCc1nnc(SCc2ccccc2)n1-c1ccc([N+](=O)[O-])cc1)c1cccc(Cl)c1. The number of nitro groups is 1. The van der Waals surface area contributed by atoms with E-state index in [1.165, 1.54) is 23.9 Å². The van der Waals surface area contributed by atoms with E-state index in [1.807, 2.05) is 30.3 Å². The van der Waals surface area contributed by atoms with E-state index in [9.17, 15) is 14.9 Å². The minimum Gasteiger partial charge on any atom is -0.345 e. The number of non-ortho nitro benzene ring substituents is 1. The van der Waals surface area contributed by atoms with Gasteiger partial charge in [0.25, 0.3) is 11.6 Å². The van der Waals surface area contributed by atoms with Gasteiger partial charge in [-0.05, 0) is 35.9 Å². The maximum Gasteiger partial charge on any atom is 0.269 e. The highest BCUT2D eigenvalue weighted by Crippen LogP contribution is 2.26. The molecule has 0 atom stereocenters. The summed E-state index contributed by atoms with van der Waals surface area (Å²) in [5.74, 6) is 0.866. The molecule has 8 nitrogen and oxygen atoms in total. The van der Waals surface area contributed by atoms with Gasteiger partial charge in [0.2, 0.25) is 0 Å². The number of halogens is 1. The molecule has 0 unspecified atom stereocenters. The Morgan fingerprint density at radius 3 is 2.48 bits per heavy atom. The summed E-state index contributed by atoms with van der Waals surface area (Å²) in [6, 6.07) is 22.7. The van der Waals surface area contributed by atoms with Crippen molar-refractivity contribution in [3.05, 3.63) is 111 Å². The Bertz CT molecular complexity index is 1280. The summed E-state index contributed by atoms with van der Waals surface area (Å²) in [5.41, 5.74) is 2.20. The van der Waals surface area contributed by atoms with Crippen LogP contribution in [0.1, 0.15) is 21.7 Å². The fourth-order valence-electron chi connectivity index (χ4n) is 3.10. The predicted octanol–water partition coefficient (Wildman–Crippen LogP) is 5.05. The maximum absolute atomic E-state index is 12.5. The van der Waals surface area contributed by atoms with E-state index in [0.717, 1.165) is 5.56 Å². The standard InChI is InChI=1S/C23H18ClN5O3S/c24-18-8-4-7-17(13-18)22(30)25-14-21-26-27-23(33-15-16-5-2-1-3-6-16)28(21)19-9-11-20(12-10-19)29(31)32/h1-13H,14-15H2,(H,25,30). The summed E-state index contributed by atoms with van der Waals surface area (Å²) in [4.78, 5) is 23.1. The molecule has 0 aliphatic carbocycles. The summed E-state index contributed by atoms with van der Waals surface area (Å²) in [6.07, 6.45) is 0. The molecule has 166 valence electrons. The van der Waals surface area contributed by atoms with Crippen LogP contribution in [-0.4, -0.2) is 25.6 Å². The van der Waals surface area contributed by atoms with E-state index in [4.69, 9.17) is 11.6 Å². The molecule has 10 heteroatoms. The molecule has 4 rings (SSSR count). The number of nitro benzene ring substituents is 1. The minimum absolute atomic E-state index is 0.0128. The molecular formula is C23H18ClN5O3S. The third-order valence-electron chi connectivity index (χ3n) is 4.72.